The molecule has 1 N–H and O–H groups in total. The van der Waals surface area contributed by atoms with Crippen LogP contribution in [0.25, 0.3) is 0 Å². The number of nitrogens with one attached hydrogen (secondary N) is 1. The second-order valence-electron chi connectivity index (χ2n) is 4.77. The van der Waals surface area contributed by atoms with Crippen LogP contribution in [0.1, 0.15) is 37.8 Å². The lowest BCUT2D eigenvalue weighted by Crippen LogP contribution is -2.23. The number of hydrogen-bond donors (Lipinski definition) is 1. The summed E-state index contributed by atoms with van der Waals surface area (Å²) in [5, 5.41) is 3.30. The van der Waals surface area contributed by atoms with Gasteiger partial charge in [0, 0.05) is 12.6 Å². The fraction of sp³-hybridized carbons (Fsp3) is 0.571. The largest absolute Gasteiger partial charge is 0.378 e. The molecule has 1 heterocycles. The molecule has 1 saturated heterocycles. The van der Waals surface area contributed by atoms with Crippen LogP contribution in [0.5, 0.6) is 0 Å². The van der Waals surface area contributed by atoms with Gasteiger partial charge in [-0.05, 0) is 50.4 Å². The van der Waals surface area contributed by atoms with Gasteiger partial charge < -0.3 is 10.1 Å². The van der Waals surface area contributed by atoms with Gasteiger partial charge in [-0.3, -0.25) is 0 Å². The Morgan fingerprint density at radius 2 is 2.22 bits per heavy atom. The topological polar surface area (TPSA) is 21.3 Å². The van der Waals surface area contributed by atoms with Gasteiger partial charge in [0.25, 0.3) is 0 Å². The van der Waals surface area contributed by atoms with Crippen molar-refractivity contribution in [3.8, 4) is 0 Å². The summed E-state index contributed by atoms with van der Waals surface area (Å²) in [5.41, 5.74) is 0.765. The van der Waals surface area contributed by atoms with Crippen LogP contribution in [0.15, 0.2) is 18.2 Å². The molecule has 0 aliphatic carbocycles. The molecule has 0 radical (unpaired) electrons. The minimum atomic E-state index is -0.801. The van der Waals surface area contributed by atoms with E-state index in [4.69, 9.17) is 4.74 Å². The lowest BCUT2D eigenvalue weighted by atomic mass is 10.1. The zero-order valence-corrected chi connectivity index (χ0v) is 10.6. The van der Waals surface area contributed by atoms with Gasteiger partial charge in [-0.15, -0.1) is 0 Å². The molecular weight excluding hydrogens is 236 g/mol. The Kier molecular flexibility index (Phi) is 4.66. The number of hydrogen-bond acceptors (Lipinski definition) is 2. The summed E-state index contributed by atoms with van der Waals surface area (Å²) in [6.07, 6.45) is 3.59. The summed E-state index contributed by atoms with van der Waals surface area (Å²) >= 11 is 0. The van der Waals surface area contributed by atoms with Gasteiger partial charge in [-0.2, -0.15) is 0 Å². The van der Waals surface area contributed by atoms with E-state index in [-0.39, 0.29) is 6.04 Å². The molecule has 4 heteroatoms. The molecule has 0 spiro atoms. The third-order valence-corrected chi connectivity index (χ3v) is 3.38. The van der Waals surface area contributed by atoms with E-state index in [0.29, 0.717) is 6.10 Å². The van der Waals surface area contributed by atoms with Gasteiger partial charge in [0.1, 0.15) is 0 Å². The predicted octanol–water partition coefficient (Wildman–Crippen LogP) is 3.18. The molecule has 0 saturated carbocycles. The SMILES string of the molecule is CC(NCCC1CCCO1)c1ccc(F)c(F)c1. The monoisotopic (exact) mass is 255 g/mol. The summed E-state index contributed by atoms with van der Waals surface area (Å²) in [5.74, 6) is -1.59. The lowest BCUT2D eigenvalue weighted by Gasteiger charge is -2.16. The van der Waals surface area contributed by atoms with Crippen molar-refractivity contribution in [2.75, 3.05) is 13.2 Å². The Bertz CT molecular complexity index is 391. The zero-order chi connectivity index (χ0) is 13.0. The molecule has 2 unspecified atom stereocenters. The molecule has 0 bridgehead atoms. The van der Waals surface area contributed by atoms with Crippen molar-refractivity contribution in [2.24, 2.45) is 0 Å². The number of halogens is 2. The van der Waals surface area contributed by atoms with Crippen molar-refractivity contribution in [1.82, 2.24) is 5.32 Å². The normalized spacial score (nSPS) is 21.2. The minimum absolute atomic E-state index is 0.0153. The van der Waals surface area contributed by atoms with Gasteiger partial charge in [0.2, 0.25) is 0 Å². The number of ether oxygens (including phenoxy) is 1. The smallest absolute Gasteiger partial charge is 0.159 e. The summed E-state index contributed by atoms with van der Waals surface area (Å²) in [4.78, 5) is 0. The maximum absolute atomic E-state index is 13.1. The third kappa shape index (κ3) is 3.50. The van der Waals surface area contributed by atoms with E-state index in [1.165, 1.54) is 12.1 Å². The highest BCUT2D eigenvalue weighted by molar-refractivity contribution is 5.20. The fourth-order valence-corrected chi connectivity index (χ4v) is 2.23. The maximum atomic E-state index is 13.1. The molecule has 1 aromatic carbocycles. The first kappa shape index (κ1) is 13.4. The van der Waals surface area contributed by atoms with E-state index in [9.17, 15) is 8.78 Å². The molecule has 2 rings (SSSR count). The summed E-state index contributed by atoms with van der Waals surface area (Å²) in [6.45, 7) is 3.64. The molecule has 0 amide bonds. The van der Waals surface area contributed by atoms with Crippen LogP contribution in [0.4, 0.5) is 8.78 Å². The van der Waals surface area contributed by atoms with Crippen LogP contribution in [0.3, 0.4) is 0 Å². The van der Waals surface area contributed by atoms with E-state index in [1.54, 1.807) is 6.07 Å². The Morgan fingerprint density at radius 1 is 1.39 bits per heavy atom. The van der Waals surface area contributed by atoms with Crippen molar-refractivity contribution in [3.63, 3.8) is 0 Å². The Morgan fingerprint density at radius 3 is 2.89 bits per heavy atom. The van der Waals surface area contributed by atoms with Gasteiger partial charge in [-0.25, -0.2) is 8.78 Å². The second kappa shape index (κ2) is 6.25. The van der Waals surface area contributed by atoms with Crippen LogP contribution in [-0.4, -0.2) is 19.3 Å². The van der Waals surface area contributed by atoms with Gasteiger partial charge in [-0.1, -0.05) is 6.07 Å². The van der Waals surface area contributed by atoms with Crippen LogP contribution >= 0.6 is 0 Å². The molecule has 1 aromatic rings. The van der Waals surface area contributed by atoms with Crippen molar-refractivity contribution in [3.05, 3.63) is 35.4 Å². The zero-order valence-electron chi connectivity index (χ0n) is 10.6. The van der Waals surface area contributed by atoms with E-state index in [0.717, 1.165) is 38.0 Å². The summed E-state index contributed by atoms with van der Waals surface area (Å²) in [7, 11) is 0. The van der Waals surface area contributed by atoms with Gasteiger partial charge in [0.05, 0.1) is 6.10 Å². The minimum Gasteiger partial charge on any atom is -0.378 e. The highest BCUT2D eigenvalue weighted by Gasteiger charge is 2.15. The van der Waals surface area contributed by atoms with Crippen LogP contribution in [0.2, 0.25) is 0 Å². The predicted molar refractivity (Wildman–Crippen MR) is 66.4 cm³/mol. The van der Waals surface area contributed by atoms with E-state index in [2.05, 4.69) is 5.32 Å². The molecule has 2 atom stereocenters. The van der Waals surface area contributed by atoms with Crippen LogP contribution < -0.4 is 5.32 Å². The fourth-order valence-electron chi connectivity index (χ4n) is 2.23. The highest BCUT2D eigenvalue weighted by atomic mass is 19.2. The van der Waals surface area contributed by atoms with Crippen LogP contribution in [-0.2, 0) is 4.74 Å². The first-order chi connectivity index (χ1) is 8.66. The second-order valence-corrected chi connectivity index (χ2v) is 4.77. The third-order valence-electron chi connectivity index (χ3n) is 3.38. The van der Waals surface area contributed by atoms with Crippen molar-refractivity contribution in [1.29, 1.82) is 0 Å². The van der Waals surface area contributed by atoms with Gasteiger partial charge in [0.15, 0.2) is 11.6 Å². The van der Waals surface area contributed by atoms with Crippen LogP contribution in [0, 0.1) is 11.6 Å². The number of benzene rings is 1. The molecule has 1 aliphatic rings. The first-order valence-electron chi connectivity index (χ1n) is 6.47. The van der Waals surface area contributed by atoms with Crippen molar-refractivity contribution < 1.29 is 13.5 Å². The summed E-state index contributed by atoms with van der Waals surface area (Å²) < 4.78 is 31.4. The molecule has 1 aliphatic heterocycles. The average Bonchev–Trinajstić information content (AvgIpc) is 2.85. The van der Waals surface area contributed by atoms with Crippen molar-refractivity contribution in [2.45, 2.75) is 38.3 Å². The lowest BCUT2D eigenvalue weighted by molar-refractivity contribution is 0.103. The Balaban J connectivity index is 1.79. The molecule has 0 aromatic heterocycles. The quantitative estimate of drug-likeness (QED) is 0.872. The Labute approximate surface area is 106 Å². The number of rotatable bonds is 5. The van der Waals surface area contributed by atoms with E-state index >= 15 is 0 Å². The highest BCUT2D eigenvalue weighted by Crippen LogP contribution is 2.17. The average molecular weight is 255 g/mol. The molecule has 100 valence electrons. The molecular formula is C14H19F2NO. The molecule has 1 fully saturated rings. The molecule has 2 nitrogen and oxygen atoms in total. The molecule has 18 heavy (non-hydrogen) atoms. The summed E-state index contributed by atoms with van der Waals surface area (Å²) in [6, 6.07) is 4.05. The maximum Gasteiger partial charge on any atom is 0.159 e. The van der Waals surface area contributed by atoms with E-state index < -0.39 is 11.6 Å². The van der Waals surface area contributed by atoms with E-state index in [1.807, 2.05) is 6.92 Å². The Hall–Kier alpha value is -1.00. The van der Waals surface area contributed by atoms with Gasteiger partial charge >= 0.3 is 0 Å². The van der Waals surface area contributed by atoms with Crippen molar-refractivity contribution >= 4 is 0 Å². The first-order valence-corrected chi connectivity index (χ1v) is 6.47. The standard InChI is InChI=1S/C14H19F2NO/c1-10(11-4-5-13(15)14(16)9-11)17-7-6-12-3-2-8-18-12/h4-5,9-10,12,17H,2-3,6-8H2,1H3.